The average Bonchev–Trinajstić information content (AvgIpc) is 2.35. The fourth-order valence-electron chi connectivity index (χ4n) is 2.50. The van der Waals surface area contributed by atoms with Crippen LogP contribution in [0.15, 0.2) is 12.3 Å². The van der Waals surface area contributed by atoms with Crippen LogP contribution in [0.1, 0.15) is 26.3 Å². The number of halogens is 1. The first kappa shape index (κ1) is 14.2. The second-order valence-electron chi connectivity index (χ2n) is 5.08. The van der Waals surface area contributed by atoms with Gasteiger partial charge in [0.25, 0.3) is 0 Å². The van der Waals surface area contributed by atoms with E-state index < -0.39 is 0 Å². The molecule has 1 saturated heterocycles. The van der Waals surface area contributed by atoms with Crippen LogP contribution < -0.4 is 10.2 Å². The zero-order valence-corrected chi connectivity index (χ0v) is 11.8. The summed E-state index contributed by atoms with van der Waals surface area (Å²) in [6.45, 7) is 9.21. The van der Waals surface area contributed by atoms with E-state index in [1.807, 2.05) is 6.92 Å². The molecule has 4 nitrogen and oxygen atoms in total. The molecule has 0 amide bonds. The Morgan fingerprint density at radius 1 is 1.42 bits per heavy atom. The number of nitrogens with zero attached hydrogens (tertiary/aromatic N) is 2. The summed E-state index contributed by atoms with van der Waals surface area (Å²) in [7, 11) is 0. The minimum atomic E-state index is -0.286. The smallest absolute Gasteiger partial charge is 0.141 e. The third-order valence-electron chi connectivity index (χ3n) is 3.19. The van der Waals surface area contributed by atoms with Gasteiger partial charge in [0, 0.05) is 25.2 Å². The Morgan fingerprint density at radius 3 is 2.74 bits per heavy atom. The van der Waals surface area contributed by atoms with Gasteiger partial charge >= 0.3 is 0 Å². The molecule has 0 spiro atoms. The van der Waals surface area contributed by atoms with Crippen molar-refractivity contribution < 1.29 is 9.13 Å². The van der Waals surface area contributed by atoms with Crippen LogP contribution in [0.5, 0.6) is 0 Å². The highest BCUT2D eigenvalue weighted by atomic mass is 19.1. The lowest BCUT2D eigenvalue weighted by molar-refractivity contribution is -0.00551. The molecule has 1 aromatic heterocycles. The van der Waals surface area contributed by atoms with Crippen LogP contribution in [-0.4, -0.2) is 36.8 Å². The predicted molar refractivity (Wildman–Crippen MR) is 73.8 cm³/mol. The summed E-state index contributed by atoms with van der Waals surface area (Å²) in [5, 5.41) is 3.23. The second kappa shape index (κ2) is 6.30. The molecule has 2 rings (SSSR count). The predicted octanol–water partition coefficient (Wildman–Crippen LogP) is 1.94. The molecule has 0 saturated carbocycles. The first-order valence-electron chi connectivity index (χ1n) is 6.85. The Kier molecular flexibility index (Phi) is 4.71. The SMILES string of the molecule is CCNCc1cc(F)cnc1N1CC(C)OC(C)C1. The third-order valence-corrected chi connectivity index (χ3v) is 3.19. The molecule has 2 heterocycles. The van der Waals surface area contributed by atoms with Crippen LogP contribution in [0.25, 0.3) is 0 Å². The molecule has 0 radical (unpaired) electrons. The van der Waals surface area contributed by atoms with E-state index in [-0.39, 0.29) is 18.0 Å². The van der Waals surface area contributed by atoms with Crippen LogP contribution in [0.2, 0.25) is 0 Å². The van der Waals surface area contributed by atoms with Gasteiger partial charge < -0.3 is 15.0 Å². The maximum Gasteiger partial charge on any atom is 0.141 e. The highest BCUT2D eigenvalue weighted by Gasteiger charge is 2.24. The van der Waals surface area contributed by atoms with E-state index in [1.54, 1.807) is 6.07 Å². The number of morpholine rings is 1. The molecule has 19 heavy (non-hydrogen) atoms. The molecule has 2 atom stereocenters. The molecule has 0 aliphatic carbocycles. The Hall–Kier alpha value is -1.20. The van der Waals surface area contributed by atoms with Gasteiger partial charge in [-0.2, -0.15) is 0 Å². The van der Waals surface area contributed by atoms with E-state index >= 15 is 0 Å². The fourth-order valence-corrected chi connectivity index (χ4v) is 2.50. The van der Waals surface area contributed by atoms with Crippen LogP contribution in [-0.2, 0) is 11.3 Å². The van der Waals surface area contributed by atoms with Gasteiger partial charge in [-0.25, -0.2) is 9.37 Å². The van der Waals surface area contributed by atoms with Gasteiger partial charge in [0.1, 0.15) is 11.6 Å². The monoisotopic (exact) mass is 267 g/mol. The van der Waals surface area contributed by atoms with E-state index in [1.165, 1.54) is 6.20 Å². The summed E-state index contributed by atoms with van der Waals surface area (Å²) in [6.07, 6.45) is 1.63. The minimum Gasteiger partial charge on any atom is -0.372 e. The van der Waals surface area contributed by atoms with Gasteiger partial charge in [-0.15, -0.1) is 0 Å². The molecular formula is C14H22FN3O. The van der Waals surface area contributed by atoms with Crippen LogP contribution >= 0.6 is 0 Å². The molecule has 1 fully saturated rings. The summed E-state index contributed by atoms with van der Waals surface area (Å²) < 4.78 is 19.1. The number of rotatable bonds is 4. The van der Waals surface area contributed by atoms with Crippen molar-refractivity contribution in [2.75, 3.05) is 24.5 Å². The van der Waals surface area contributed by atoms with Crippen molar-refractivity contribution in [1.29, 1.82) is 0 Å². The zero-order valence-electron chi connectivity index (χ0n) is 11.8. The first-order chi connectivity index (χ1) is 9.10. The summed E-state index contributed by atoms with van der Waals surface area (Å²) in [5.74, 6) is 0.579. The second-order valence-corrected chi connectivity index (χ2v) is 5.08. The van der Waals surface area contributed by atoms with Gasteiger partial charge in [0.2, 0.25) is 0 Å². The number of pyridine rings is 1. The molecule has 5 heteroatoms. The van der Waals surface area contributed by atoms with Gasteiger partial charge in [-0.1, -0.05) is 6.92 Å². The Balaban J connectivity index is 2.22. The Bertz CT molecular complexity index is 417. The summed E-state index contributed by atoms with van der Waals surface area (Å²) in [4.78, 5) is 6.46. The van der Waals surface area contributed by atoms with E-state index in [0.29, 0.717) is 6.54 Å². The van der Waals surface area contributed by atoms with Gasteiger partial charge in [-0.3, -0.25) is 0 Å². The van der Waals surface area contributed by atoms with Gasteiger partial charge in [-0.05, 0) is 26.5 Å². The van der Waals surface area contributed by atoms with Crippen LogP contribution in [0, 0.1) is 5.82 Å². The lowest BCUT2D eigenvalue weighted by atomic mass is 10.2. The number of aromatic nitrogens is 1. The molecular weight excluding hydrogens is 245 g/mol. The van der Waals surface area contributed by atoms with Crippen molar-refractivity contribution in [3.05, 3.63) is 23.6 Å². The van der Waals surface area contributed by atoms with Gasteiger partial charge in [0.05, 0.1) is 18.4 Å². The number of ether oxygens (including phenoxy) is 1. The molecule has 0 aromatic carbocycles. The van der Waals surface area contributed by atoms with Gasteiger partial charge in [0.15, 0.2) is 0 Å². The molecule has 1 aliphatic heterocycles. The Morgan fingerprint density at radius 2 is 2.11 bits per heavy atom. The number of anilines is 1. The van der Waals surface area contributed by atoms with Crippen molar-refractivity contribution in [1.82, 2.24) is 10.3 Å². The van der Waals surface area contributed by atoms with Crippen molar-refractivity contribution in [3.8, 4) is 0 Å². The van der Waals surface area contributed by atoms with Crippen LogP contribution in [0.3, 0.4) is 0 Å². The lowest BCUT2D eigenvalue weighted by Crippen LogP contribution is -2.46. The van der Waals surface area contributed by atoms with E-state index in [4.69, 9.17) is 4.74 Å². The molecule has 1 N–H and O–H groups in total. The largest absolute Gasteiger partial charge is 0.372 e. The minimum absolute atomic E-state index is 0.169. The first-order valence-corrected chi connectivity index (χ1v) is 6.85. The fraction of sp³-hybridized carbons (Fsp3) is 0.643. The van der Waals surface area contributed by atoms with Crippen molar-refractivity contribution >= 4 is 5.82 Å². The number of hydrogen-bond donors (Lipinski definition) is 1. The lowest BCUT2D eigenvalue weighted by Gasteiger charge is -2.37. The van der Waals surface area contributed by atoms with E-state index in [9.17, 15) is 4.39 Å². The quantitative estimate of drug-likeness (QED) is 0.904. The number of nitrogens with one attached hydrogen (secondary N) is 1. The molecule has 1 aromatic rings. The molecule has 1 aliphatic rings. The average molecular weight is 267 g/mol. The van der Waals surface area contributed by atoms with E-state index in [2.05, 4.69) is 29.0 Å². The zero-order chi connectivity index (χ0) is 13.8. The summed E-state index contributed by atoms with van der Waals surface area (Å²) in [6, 6.07) is 1.57. The van der Waals surface area contributed by atoms with Crippen molar-refractivity contribution in [2.24, 2.45) is 0 Å². The Labute approximate surface area is 114 Å². The maximum absolute atomic E-state index is 13.4. The molecule has 2 unspecified atom stereocenters. The van der Waals surface area contributed by atoms with Crippen molar-refractivity contribution in [2.45, 2.75) is 39.5 Å². The third kappa shape index (κ3) is 3.64. The summed E-state index contributed by atoms with van der Waals surface area (Å²) in [5.41, 5.74) is 0.906. The molecule has 106 valence electrons. The topological polar surface area (TPSA) is 37.4 Å². The standard InChI is InChI=1S/C14H22FN3O/c1-4-16-6-12-5-13(15)7-17-14(12)18-8-10(2)19-11(3)9-18/h5,7,10-11,16H,4,6,8-9H2,1-3H3. The van der Waals surface area contributed by atoms with Crippen molar-refractivity contribution in [3.63, 3.8) is 0 Å². The highest BCUT2D eigenvalue weighted by Crippen LogP contribution is 2.22. The number of hydrogen-bond acceptors (Lipinski definition) is 4. The van der Waals surface area contributed by atoms with Crippen LogP contribution in [0.4, 0.5) is 10.2 Å². The summed E-state index contributed by atoms with van der Waals surface area (Å²) >= 11 is 0. The maximum atomic E-state index is 13.4. The normalized spacial score (nSPS) is 23.7. The van der Waals surface area contributed by atoms with E-state index in [0.717, 1.165) is 31.0 Å². The molecule has 0 bridgehead atoms. The highest BCUT2D eigenvalue weighted by molar-refractivity contribution is 5.47.